The highest BCUT2D eigenvalue weighted by molar-refractivity contribution is 9.09. The zero-order valence-corrected chi connectivity index (χ0v) is 75.5. The van der Waals surface area contributed by atoms with Crippen LogP contribution < -0.4 is 14.2 Å². The Labute approximate surface area is 735 Å². The minimum absolute atomic E-state index is 0.0510. The van der Waals surface area contributed by atoms with Gasteiger partial charge in [0.15, 0.2) is 11.6 Å². The zero-order valence-electron chi connectivity index (χ0n) is 70.8. The Bertz CT molecular complexity index is 4640. The number of benzene rings is 12. The minimum Gasteiger partial charge on any atom is -0.508 e. The van der Waals surface area contributed by atoms with Gasteiger partial charge in [0, 0.05) is 38.2 Å². The number of phenolic OH excluding ortho intramolecular Hbond substituents is 2. The van der Waals surface area contributed by atoms with E-state index in [0.29, 0.717) is 16.7 Å². The van der Waals surface area contributed by atoms with Gasteiger partial charge in [-0.2, -0.15) is 0 Å². The van der Waals surface area contributed by atoms with Crippen LogP contribution in [0.15, 0.2) is 291 Å². The Kier molecular flexibility index (Phi) is 40.1. The lowest BCUT2D eigenvalue weighted by Gasteiger charge is -2.19. The van der Waals surface area contributed by atoms with Gasteiger partial charge < -0.3 is 24.4 Å². The minimum atomic E-state index is -0.139. The summed E-state index contributed by atoms with van der Waals surface area (Å²) < 4.78 is 18.1. The van der Waals surface area contributed by atoms with Gasteiger partial charge in [-0.25, -0.2) is 0 Å². The van der Waals surface area contributed by atoms with Crippen molar-refractivity contribution in [3.63, 3.8) is 0 Å². The van der Waals surface area contributed by atoms with Crippen LogP contribution >= 0.6 is 47.8 Å². The summed E-state index contributed by atoms with van der Waals surface area (Å²) in [6, 6.07) is 98.0. The van der Waals surface area contributed by atoms with Crippen molar-refractivity contribution in [2.24, 2.45) is 0 Å². The second-order valence-electron chi connectivity index (χ2n) is 30.9. The molecule has 12 rings (SSSR count). The van der Waals surface area contributed by atoms with Gasteiger partial charge >= 0.3 is 0 Å². The number of aromatic hydroxyl groups is 2. The highest BCUT2D eigenvalue weighted by Crippen LogP contribution is 2.40. The number of aryl methyl sites for hydroxylation is 7. The van der Waals surface area contributed by atoms with Crippen LogP contribution in [-0.4, -0.2) is 57.6 Å². The lowest BCUT2D eigenvalue weighted by atomic mass is 9.85. The molecule has 0 unspecified atom stereocenters. The van der Waals surface area contributed by atoms with Crippen molar-refractivity contribution in [3.8, 4) is 28.7 Å². The van der Waals surface area contributed by atoms with Gasteiger partial charge in [0.1, 0.15) is 28.7 Å². The fourth-order valence-corrected chi connectivity index (χ4v) is 15.0. The first-order valence-electron chi connectivity index (χ1n) is 42.5. The van der Waals surface area contributed by atoms with Crippen molar-refractivity contribution < 1.29 is 34.0 Å². The number of ether oxygens (including phenoxy) is 3. The first-order chi connectivity index (χ1) is 58.0. The van der Waals surface area contributed by atoms with Crippen LogP contribution in [0.1, 0.15) is 231 Å². The number of phenols is 2. The van der Waals surface area contributed by atoms with Crippen molar-refractivity contribution >= 4 is 81.6 Å². The Balaban J connectivity index is 0.000000194. The van der Waals surface area contributed by atoms with Crippen LogP contribution in [0, 0.1) is 48.5 Å². The maximum absolute atomic E-state index is 12.4. The predicted molar refractivity (Wildman–Crippen MR) is 512 cm³/mol. The van der Waals surface area contributed by atoms with Gasteiger partial charge in [0.25, 0.3) is 0 Å². The lowest BCUT2D eigenvalue weighted by Crippen LogP contribution is -2.02. The summed E-state index contributed by atoms with van der Waals surface area (Å²) >= 11 is 10.5. The number of carbonyl (C=O) groups is 2. The fraction of sp³-hybridized carbons (Fsp3) is 0.284. The summed E-state index contributed by atoms with van der Waals surface area (Å²) in [4.78, 5) is 24.3. The summed E-state index contributed by atoms with van der Waals surface area (Å²) in [5.74, 6) is 2.86. The number of hydrogen-bond donors (Lipinski definition) is 2. The van der Waals surface area contributed by atoms with Crippen molar-refractivity contribution in [1.29, 1.82) is 0 Å². The third-order valence-corrected chi connectivity index (χ3v) is 22.6. The van der Waals surface area contributed by atoms with E-state index in [9.17, 15) is 9.59 Å². The predicted octanol–water partition coefficient (Wildman–Crippen LogP) is 30.1. The molecule has 0 aromatic heterocycles. The number of unbranched alkanes of at least 4 members (excludes halogenated alkanes) is 15. The van der Waals surface area contributed by atoms with E-state index in [1.165, 1.54) is 221 Å². The zero-order chi connectivity index (χ0) is 84.4. The maximum Gasteiger partial charge on any atom is 0.193 e. The van der Waals surface area contributed by atoms with Gasteiger partial charge in [-0.05, 0) is 251 Å². The van der Waals surface area contributed by atoms with E-state index >= 15 is 0 Å². The molecule has 0 saturated carbocycles. The van der Waals surface area contributed by atoms with Crippen molar-refractivity contribution in [2.75, 3.05) is 35.8 Å². The van der Waals surface area contributed by atoms with Crippen LogP contribution in [0.2, 0.25) is 0 Å². The van der Waals surface area contributed by atoms with E-state index in [2.05, 4.69) is 283 Å². The average Bonchev–Trinajstić information content (AvgIpc) is 0.788. The van der Waals surface area contributed by atoms with Crippen LogP contribution in [0.4, 0.5) is 0 Å². The second kappa shape index (κ2) is 51.4. The molecule has 12 aromatic rings. The van der Waals surface area contributed by atoms with Crippen LogP contribution in [0.5, 0.6) is 28.7 Å². The number of rotatable bonds is 39. The third kappa shape index (κ3) is 31.5. The first kappa shape index (κ1) is 92.8. The molecular formula is C109H119Br3O7. The number of alkyl halides is 3. The summed E-state index contributed by atoms with van der Waals surface area (Å²) in [5, 5.41) is 21.5. The topological polar surface area (TPSA) is 102 Å². The Morgan fingerprint density at radius 2 is 0.345 bits per heavy atom. The standard InChI is InChI=1S/C44H54Br2O2.C30H28.C22H27BrO2.C13H10O3/c1-35-15-19-37(20-16-35)43(39-23-27-41(28-24-39)47-33-13-9-5-3-7-11-31-45)44(38-21-17-36(2)18-22-38)40-25-29-42(30-26-40)48-34-14-10-6-4-8-12-32-46;1-21-5-13-25(14-6-21)29(26-15-7-22(2)8-16-26)30(27-17-9-23(3)10-18-27)28-19-11-24(4)12-20-28;1-18-8-10-19(11-9-18)22(24)20-12-14-21(15-13-20)25-17-7-5-3-2-4-6-16-23;14-11-5-1-9(2-6-11)13(16)10-3-7-12(15)8-4-10/h15-30H,3-14,31-34H2,1-2H3;5-20H,1-4H3;8-15H,2-7,16-17H2,1H3;1-8,14-15H/b44-43-;;;. The quantitative estimate of drug-likeness (QED) is 0.0171. The molecule has 618 valence electrons. The molecule has 0 radical (unpaired) electrons. The average molecular weight is 1780 g/mol. The molecule has 0 bridgehead atoms. The molecule has 2 N–H and O–H groups in total. The van der Waals surface area contributed by atoms with Crippen LogP contribution in [0.25, 0.3) is 22.3 Å². The van der Waals surface area contributed by atoms with Crippen molar-refractivity contribution in [2.45, 2.75) is 164 Å². The summed E-state index contributed by atoms with van der Waals surface area (Å²) in [6.07, 6.45) is 22.5. The lowest BCUT2D eigenvalue weighted by molar-refractivity contribution is 0.103. The number of halogens is 3. The van der Waals surface area contributed by atoms with Gasteiger partial charge in [-0.1, -0.05) is 358 Å². The molecule has 7 nitrogen and oxygen atoms in total. The number of hydrogen-bond acceptors (Lipinski definition) is 7. The Hall–Kier alpha value is -10.1. The molecular weight excluding hydrogens is 1660 g/mol. The maximum atomic E-state index is 12.4. The van der Waals surface area contributed by atoms with Crippen molar-refractivity contribution in [3.05, 3.63) is 397 Å². The van der Waals surface area contributed by atoms with E-state index < -0.39 is 0 Å². The van der Waals surface area contributed by atoms with Crippen LogP contribution in [-0.2, 0) is 0 Å². The van der Waals surface area contributed by atoms with E-state index in [1.54, 1.807) is 24.3 Å². The summed E-state index contributed by atoms with van der Waals surface area (Å²) in [6.45, 7) is 17.1. The van der Waals surface area contributed by atoms with Gasteiger partial charge in [-0.3, -0.25) is 9.59 Å². The molecule has 0 saturated heterocycles. The second-order valence-corrected chi connectivity index (χ2v) is 33.2. The third-order valence-electron chi connectivity index (χ3n) is 20.9. The molecule has 0 aliphatic rings. The molecule has 0 aliphatic heterocycles. The van der Waals surface area contributed by atoms with E-state index in [0.717, 1.165) is 83.4 Å². The number of ketones is 2. The smallest absolute Gasteiger partial charge is 0.193 e. The summed E-state index contributed by atoms with van der Waals surface area (Å²) in [7, 11) is 0. The normalized spacial score (nSPS) is 11.0. The van der Waals surface area contributed by atoms with Gasteiger partial charge in [0.05, 0.1) is 19.8 Å². The summed E-state index contributed by atoms with van der Waals surface area (Å²) in [5.41, 5.74) is 25.8. The molecule has 119 heavy (non-hydrogen) atoms. The van der Waals surface area contributed by atoms with Gasteiger partial charge in [0.2, 0.25) is 0 Å². The molecule has 10 heteroatoms. The van der Waals surface area contributed by atoms with E-state index in [-0.39, 0.29) is 23.1 Å². The van der Waals surface area contributed by atoms with E-state index in [1.807, 2.05) is 55.5 Å². The highest BCUT2D eigenvalue weighted by atomic mass is 79.9. The monoisotopic (exact) mass is 1780 g/mol. The molecule has 0 atom stereocenters. The number of carbonyl (C=O) groups excluding carboxylic acids is 2. The SMILES string of the molecule is Cc1ccc(/C(=C(\c2ccc(C)cc2)c2ccc(OCCCCCCCCBr)cc2)c2ccc(OCCCCCCCCBr)cc2)cc1.Cc1ccc(C(=C(c2ccc(C)cc2)c2ccc(C)cc2)c2ccc(C)cc2)cc1.Cc1ccc(C(=O)c2ccc(OCCCCCCCCBr)cc2)cc1.O=C(c1ccc(O)cc1)c1ccc(O)cc1. The fourth-order valence-electron chi connectivity index (χ4n) is 13.8. The Morgan fingerprint density at radius 1 is 0.202 bits per heavy atom. The highest BCUT2D eigenvalue weighted by Gasteiger charge is 2.20. The molecule has 0 heterocycles. The molecule has 0 spiro atoms. The molecule has 12 aromatic carbocycles. The molecule has 0 aliphatic carbocycles. The molecule has 0 amide bonds. The largest absolute Gasteiger partial charge is 0.508 e. The van der Waals surface area contributed by atoms with E-state index in [4.69, 9.17) is 24.4 Å². The molecule has 0 fully saturated rings. The van der Waals surface area contributed by atoms with Gasteiger partial charge in [-0.15, -0.1) is 0 Å². The first-order valence-corrected chi connectivity index (χ1v) is 45.9. The van der Waals surface area contributed by atoms with Crippen LogP contribution in [0.3, 0.4) is 0 Å². The van der Waals surface area contributed by atoms with Crippen molar-refractivity contribution in [1.82, 2.24) is 0 Å². The Morgan fingerprint density at radius 3 is 0.529 bits per heavy atom.